The average Bonchev–Trinajstić information content (AvgIpc) is 2.21. The van der Waals surface area contributed by atoms with Crippen molar-refractivity contribution < 1.29 is 9.59 Å². The highest BCUT2D eigenvalue weighted by Gasteiger charge is 2.20. The van der Waals surface area contributed by atoms with Gasteiger partial charge in [-0.15, -0.1) is 0 Å². The first-order valence-corrected chi connectivity index (χ1v) is 4.97. The van der Waals surface area contributed by atoms with Gasteiger partial charge in [-0.2, -0.15) is 5.26 Å². The maximum atomic E-state index is 11.5. The zero-order chi connectivity index (χ0) is 11.8. The molecule has 0 fully saturated rings. The Kier molecular flexibility index (Phi) is 6.11. The number of nitrogens with one attached hydrogen (secondary N) is 1. The number of amides is 2. The van der Waals surface area contributed by atoms with E-state index in [0.29, 0.717) is 19.0 Å². The van der Waals surface area contributed by atoms with Crippen molar-refractivity contribution in [2.24, 2.45) is 5.92 Å². The largest absolute Gasteiger partial charge is 0.335 e. The molecule has 0 unspecified atom stereocenters. The molecule has 5 heteroatoms. The molecule has 0 heterocycles. The molecular weight excluding hydrogens is 194 g/mol. The molecule has 0 aromatic carbocycles. The topological polar surface area (TPSA) is 73.2 Å². The molecule has 0 aromatic heterocycles. The van der Waals surface area contributed by atoms with Crippen molar-refractivity contribution in [3.63, 3.8) is 0 Å². The Hall–Kier alpha value is -1.57. The molecule has 0 aliphatic carbocycles. The standard InChI is InChI=1S/C10H17N3O2/c1-4-13(7-8(2)3)10(15)9(14)12-6-5-11/h8H,4,6-7H2,1-3H3,(H,12,14). The zero-order valence-corrected chi connectivity index (χ0v) is 9.41. The fourth-order valence-electron chi connectivity index (χ4n) is 1.14. The molecule has 0 saturated heterocycles. The van der Waals surface area contributed by atoms with E-state index in [4.69, 9.17) is 5.26 Å². The lowest BCUT2D eigenvalue weighted by Gasteiger charge is -2.21. The van der Waals surface area contributed by atoms with Gasteiger partial charge in [0.15, 0.2) is 0 Å². The van der Waals surface area contributed by atoms with Crippen molar-refractivity contribution >= 4 is 11.8 Å². The minimum absolute atomic E-state index is 0.135. The fourth-order valence-corrected chi connectivity index (χ4v) is 1.14. The van der Waals surface area contributed by atoms with Crippen LogP contribution in [0.25, 0.3) is 0 Å². The Morgan fingerprint density at radius 1 is 1.47 bits per heavy atom. The Labute approximate surface area is 90.0 Å². The van der Waals surface area contributed by atoms with E-state index >= 15 is 0 Å². The first kappa shape index (κ1) is 13.4. The van der Waals surface area contributed by atoms with Gasteiger partial charge in [-0.25, -0.2) is 0 Å². The lowest BCUT2D eigenvalue weighted by atomic mass is 10.2. The van der Waals surface area contributed by atoms with Gasteiger partial charge in [0.25, 0.3) is 0 Å². The third-order valence-electron chi connectivity index (χ3n) is 1.78. The van der Waals surface area contributed by atoms with Gasteiger partial charge in [-0.3, -0.25) is 9.59 Å². The van der Waals surface area contributed by atoms with Crippen molar-refractivity contribution in [3.8, 4) is 6.07 Å². The number of hydrogen-bond acceptors (Lipinski definition) is 3. The van der Waals surface area contributed by atoms with Crippen LogP contribution in [0.2, 0.25) is 0 Å². The number of nitrogens with zero attached hydrogens (tertiary/aromatic N) is 2. The molecule has 0 aromatic rings. The molecule has 0 aliphatic heterocycles. The van der Waals surface area contributed by atoms with Gasteiger partial charge >= 0.3 is 11.8 Å². The molecule has 0 aliphatic rings. The fraction of sp³-hybridized carbons (Fsp3) is 0.700. The second-order valence-corrected chi connectivity index (χ2v) is 3.58. The molecule has 0 atom stereocenters. The van der Waals surface area contributed by atoms with Crippen LogP contribution < -0.4 is 5.32 Å². The molecule has 15 heavy (non-hydrogen) atoms. The van der Waals surface area contributed by atoms with Crippen LogP contribution in [0, 0.1) is 17.2 Å². The molecule has 2 amide bonds. The molecule has 0 spiro atoms. The van der Waals surface area contributed by atoms with E-state index in [9.17, 15) is 9.59 Å². The monoisotopic (exact) mass is 211 g/mol. The van der Waals surface area contributed by atoms with Crippen LogP contribution in [0.1, 0.15) is 20.8 Å². The van der Waals surface area contributed by atoms with Gasteiger partial charge in [0.2, 0.25) is 0 Å². The van der Waals surface area contributed by atoms with E-state index in [1.807, 2.05) is 20.8 Å². The van der Waals surface area contributed by atoms with Crippen molar-refractivity contribution in [2.45, 2.75) is 20.8 Å². The lowest BCUT2D eigenvalue weighted by molar-refractivity contribution is -0.145. The average molecular weight is 211 g/mol. The molecule has 0 saturated carbocycles. The minimum atomic E-state index is -0.709. The second-order valence-electron chi connectivity index (χ2n) is 3.58. The zero-order valence-electron chi connectivity index (χ0n) is 9.41. The summed E-state index contributed by atoms with van der Waals surface area (Å²) in [5.41, 5.74) is 0. The third kappa shape index (κ3) is 5.01. The summed E-state index contributed by atoms with van der Waals surface area (Å²) in [4.78, 5) is 24.2. The van der Waals surface area contributed by atoms with Crippen molar-refractivity contribution in [3.05, 3.63) is 0 Å². The molecule has 0 radical (unpaired) electrons. The predicted molar refractivity (Wildman–Crippen MR) is 55.7 cm³/mol. The van der Waals surface area contributed by atoms with Crippen molar-refractivity contribution in [2.75, 3.05) is 19.6 Å². The quantitative estimate of drug-likeness (QED) is 0.530. The van der Waals surface area contributed by atoms with Gasteiger partial charge in [0, 0.05) is 13.1 Å². The number of hydrogen-bond donors (Lipinski definition) is 1. The first-order chi connectivity index (χ1) is 7.02. The van der Waals surface area contributed by atoms with Gasteiger partial charge in [0.1, 0.15) is 6.54 Å². The maximum Gasteiger partial charge on any atom is 0.311 e. The van der Waals surface area contributed by atoms with E-state index in [1.165, 1.54) is 4.90 Å². The summed E-state index contributed by atoms with van der Waals surface area (Å²) < 4.78 is 0. The van der Waals surface area contributed by atoms with E-state index in [-0.39, 0.29) is 6.54 Å². The van der Waals surface area contributed by atoms with Crippen LogP contribution in [0.5, 0.6) is 0 Å². The summed E-state index contributed by atoms with van der Waals surface area (Å²) in [6, 6.07) is 1.75. The minimum Gasteiger partial charge on any atom is -0.335 e. The Morgan fingerprint density at radius 2 is 2.07 bits per heavy atom. The lowest BCUT2D eigenvalue weighted by Crippen LogP contribution is -2.44. The van der Waals surface area contributed by atoms with Crippen molar-refractivity contribution in [1.82, 2.24) is 10.2 Å². The molecule has 0 rings (SSSR count). The van der Waals surface area contributed by atoms with Crippen LogP contribution in [0.4, 0.5) is 0 Å². The normalized spacial score (nSPS) is 9.53. The molecule has 84 valence electrons. The molecule has 5 nitrogen and oxygen atoms in total. The summed E-state index contributed by atoms with van der Waals surface area (Å²) in [7, 11) is 0. The van der Waals surface area contributed by atoms with Gasteiger partial charge in [-0.05, 0) is 12.8 Å². The number of likely N-dealkylation sites (N-methyl/N-ethyl adjacent to an activating group) is 1. The molecule has 0 bridgehead atoms. The maximum absolute atomic E-state index is 11.5. The summed E-state index contributed by atoms with van der Waals surface area (Å²) in [6.07, 6.45) is 0. The summed E-state index contributed by atoms with van der Waals surface area (Å²) in [5, 5.41) is 10.5. The summed E-state index contributed by atoms with van der Waals surface area (Å²) in [6.45, 7) is 6.68. The smallest absolute Gasteiger partial charge is 0.311 e. The number of carbonyl (C=O) groups is 2. The summed E-state index contributed by atoms with van der Waals surface area (Å²) >= 11 is 0. The van der Waals surface area contributed by atoms with Crippen LogP contribution in [0.3, 0.4) is 0 Å². The Morgan fingerprint density at radius 3 is 2.47 bits per heavy atom. The Bertz CT molecular complexity index is 268. The van der Waals surface area contributed by atoms with Crippen LogP contribution >= 0.6 is 0 Å². The Balaban J connectivity index is 4.26. The van der Waals surface area contributed by atoms with Gasteiger partial charge < -0.3 is 10.2 Å². The van der Waals surface area contributed by atoms with Crippen LogP contribution in [0.15, 0.2) is 0 Å². The van der Waals surface area contributed by atoms with E-state index < -0.39 is 11.8 Å². The van der Waals surface area contributed by atoms with E-state index in [0.717, 1.165) is 0 Å². The SMILES string of the molecule is CCN(CC(C)C)C(=O)C(=O)NCC#N. The predicted octanol–water partition coefficient (Wildman–Crippen LogP) is 0.131. The highest BCUT2D eigenvalue weighted by Crippen LogP contribution is 1.98. The van der Waals surface area contributed by atoms with E-state index in [1.54, 1.807) is 6.07 Å². The van der Waals surface area contributed by atoms with E-state index in [2.05, 4.69) is 5.32 Å². The second kappa shape index (κ2) is 6.82. The first-order valence-electron chi connectivity index (χ1n) is 4.97. The number of nitriles is 1. The third-order valence-corrected chi connectivity index (χ3v) is 1.78. The number of rotatable bonds is 4. The van der Waals surface area contributed by atoms with Crippen LogP contribution in [-0.4, -0.2) is 36.3 Å². The van der Waals surface area contributed by atoms with Crippen LogP contribution in [-0.2, 0) is 9.59 Å². The molecule has 1 N–H and O–H groups in total. The van der Waals surface area contributed by atoms with Crippen molar-refractivity contribution in [1.29, 1.82) is 5.26 Å². The summed E-state index contributed by atoms with van der Waals surface area (Å²) in [5.74, 6) is -0.960. The highest BCUT2D eigenvalue weighted by atomic mass is 16.2. The molecular formula is C10H17N3O2. The number of carbonyl (C=O) groups excluding carboxylic acids is 2. The van der Waals surface area contributed by atoms with Gasteiger partial charge in [-0.1, -0.05) is 13.8 Å². The van der Waals surface area contributed by atoms with Gasteiger partial charge in [0.05, 0.1) is 6.07 Å². The highest BCUT2D eigenvalue weighted by molar-refractivity contribution is 6.35.